The molecule has 1 N–H and O–H groups in total. The van der Waals surface area contributed by atoms with Crippen LogP contribution in [0.5, 0.6) is 0 Å². The third-order valence-electron chi connectivity index (χ3n) is 5.61. The van der Waals surface area contributed by atoms with Crippen molar-refractivity contribution >= 4 is 11.9 Å². The number of rotatable bonds is 6. The molecule has 0 spiro atoms. The Morgan fingerprint density at radius 3 is 2.45 bits per heavy atom. The Hall–Kier alpha value is -1.06. The van der Waals surface area contributed by atoms with Gasteiger partial charge in [0.1, 0.15) is 0 Å². The molecular weight excluding hydrogens is 278 g/mol. The Balaban J connectivity index is 1.93. The number of likely N-dealkylation sites (tertiary alicyclic amines) is 1. The van der Waals surface area contributed by atoms with Crippen LogP contribution in [0.15, 0.2) is 0 Å². The second-order valence-electron chi connectivity index (χ2n) is 7.37. The first kappa shape index (κ1) is 17.3. The predicted octanol–water partition coefficient (Wildman–Crippen LogP) is 3.55. The van der Waals surface area contributed by atoms with Crippen molar-refractivity contribution in [1.29, 1.82) is 0 Å². The van der Waals surface area contributed by atoms with Gasteiger partial charge in [-0.2, -0.15) is 0 Å². The first-order valence-corrected chi connectivity index (χ1v) is 9.04. The van der Waals surface area contributed by atoms with E-state index < -0.39 is 5.97 Å². The first-order chi connectivity index (χ1) is 10.5. The molecule has 3 atom stereocenters. The molecule has 0 radical (unpaired) electrons. The summed E-state index contributed by atoms with van der Waals surface area (Å²) in [7, 11) is 0. The lowest BCUT2D eigenvalue weighted by molar-refractivity contribution is -0.149. The van der Waals surface area contributed by atoms with Crippen LogP contribution >= 0.6 is 0 Å². The highest BCUT2D eigenvalue weighted by atomic mass is 16.4. The number of carboxylic acid groups (broad SMARTS) is 1. The van der Waals surface area contributed by atoms with Gasteiger partial charge < -0.3 is 10.0 Å². The molecule has 0 aromatic heterocycles. The van der Waals surface area contributed by atoms with E-state index >= 15 is 0 Å². The molecule has 0 aromatic carbocycles. The Morgan fingerprint density at radius 2 is 1.91 bits per heavy atom. The highest BCUT2D eigenvalue weighted by Crippen LogP contribution is 2.33. The molecule has 1 aliphatic heterocycles. The van der Waals surface area contributed by atoms with Gasteiger partial charge in [0.2, 0.25) is 5.91 Å². The third-order valence-corrected chi connectivity index (χ3v) is 5.61. The fourth-order valence-corrected chi connectivity index (χ4v) is 4.31. The van der Waals surface area contributed by atoms with Crippen LogP contribution in [0.1, 0.15) is 65.2 Å². The molecule has 22 heavy (non-hydrogen) atoms. The average molecular weight is 309 g/mol. The van der Waals surface area contributed by atoms with Gasteiger partial charge in [0.25, 0.3) is 0 Å². The van der Waals surface area contributed by atoms with Crippen molar-refractivity contribution in [3.05, 3.63) is 0 Å². The smallest absolute Gasteiger partial charge is 0.306 e. The zero-order valence-electron chi connectivity index (χ0n) is 14.1. The Morgan fingerprint density at radius 1 is 1.23 bits per heavy atom. The van der Waals surface area contributed by atoms with Crippen LogP contribution in [0.3, 0.4) is 0 Å². The number of hydrogen-bond donors (Lipinski definition) is 1. The topological polar surface area (TPSA) is 57.6 Å². The van der Waals surface area contributed by atoms with Gasteiger partial charge in [-0.1, -0.05) is 46.0 Å². The standard InChI is InChI=1S/C18H31NO3/c1-3-6-15(11-14-7-4-5-8-14)17(20)19-10-9-16(18(21)22)13(2)12-19/h13-16H,3-12H2,1-2H3,(H,21,22). The molecule has 4 heteroatoms. The minimum atomic E-state index is -0.712. The largest absolute Gasteiger partial charge is 0.481 e. The fraction of sp³-hybridized carbons (Fsp3) is 0.889. The number of aliphatic carboxylic acids is 1. The lowest BCUT2D eigenvalue weighted by Crippen LogP contribution is -2.47. The van der Waals surface area contributed by atoms with E-state index in [0.717, 1.165) is 25.2 Å². The van der Waals surface area contributed by atoms with Crippen molar-refractivity contribution in [2.75, 3.05) is 13.1 Å². The SMILES string of the molecule is CCCC(CC1CCCC1)C(=O)N1CCC(C(=O)O)C(C)C1. The zero-order valence-corrected chi connectivity index (χ0v) is 14.1. The van der Waals surface area contributed by atoms with E-state index in [1.54, 1.807) is 0 Å². The van der Waals surface area contributed by atoms with Crippen LogP contribution in [0.2, 0.25) is 0 Å². The highest BCUT2D eigenvalue weighted by molar-refractivity contribution is 5.79. The van der Waals surface area contributed by atoms with Crippen molar-refractivity contribution in [3.63, 3.8) is 0 Å². The lowest BCUT2D eigenvalue weighted by Gasteiger charge is -2.37. The van der Waals surface area contributed by atoms with Crippen LogP contribution in [-0.2, 0) is 9.59 Å². The van der Waals surface area contributed by atoms with E-state index in [9.17, 15) is 14.7 Å². The summed E-state index contributed by atoms with van der Waals surface area (Å²) in [4.78, 5) is 26.0. The van der Waals surface area contributed by atoms with Crippen molar-refractivity contribution in [1.82, 2.24) is 4.90 Å². The van der Waals surface area contributed by atoms with Crippen molar-refractivity contribution < 1.29 is 14.7 Å². The molecule has 1 amide bonds. The molecule has 1 heterocycles. The second kappa shape index (κ2) is 7.98. The minimum absolute atomic E-state index is 0.0592. The Bertz CT molecular complexity index is 390. The third kappa shape index (κ3) is 4.23. The first-order valence-electron chi connectivity index (χ1n) is 9.04. The molecule has 0 aromatic rings. The van der Waals surface area contributed by atoms with Gasteiger partial charge in [-0.25, -0.2) is 0 Å². The van der Waals surface area contributed by atoms with E-state index in [1.807, 2.05) is 11.8 Å². The minimum Gasteiger partial charge on any atom is -0.481 e. The van der Waals surface area contributed by atoms with Crippen LogP contribution in [-0.4, -0.2) is 35.0 Å². The maximum absolute atomic E-state index is 12.9. The summed E-state index contributed by atoms with van der Waals surface area (Å²) in [6.07, 6.45) is 8.87. The molecular formula is C18H31NO3. The molecule has 1 saturated heterocycles. The number of nitrogens with zero attached hydrogens (tertiary/aromatic N) is 1. The summed E-state index contributed by atoms with van der Waals surface area (Å²) >= 11 is 0. The molecule has 2 fully saturated rings. The summed E-state index contributed by atoms with van der Waals surface area (Å²) < 4.78 is 0. The predicted molar refractivity (Wildman–Crippen MR) is 86.5 cm³/mol. The Kier molecular flexibility index (Phi) is 6.27. The molecule has 2 aliphatic rings. The maximum Gasteiger partial charge on any atom is 0.306 e. The highest BCUT2D eigenvalue weighted by Gasteiger charge is 2.35. The normalized spacial score (nSPS) is 27.8. The van der Waals surface area contributed by atoms with Gasteiger partial charge in [0, 0.05) is 19.0 Å². The van der Waals surface area contributed by atoms with Gasteiger partial charge in [-0.05, 0) is 31.1 Å². The number of carboxylic acids is 1. The lowest BCUT2D eigenvalue weighted by atomic mass is 9.84. The zero-order chi connectivity index (χ0) is 16.1. The molecule has 3 unspecified atom stereocenters. The number of piperidine rings is 1. The molecule has 0 bridgehead atoms. The van der Waals surface area contributed by atoms with Gasteiger partial charge in [0.15, 0.2) is 0 Å². The van der Waals surface area contributed by atoms with E-state index in [2.05, 4.69) is 6.92 Å². The van der Waals surface area contributed by atoms with E-state index in [1.165, 1.54) is 25.7 Å². The average Bonchev–Trinajstić information content (AvgIpc) is 2.98. The van der Waals surface area contributed by atoms with Crippen LogP contribution in [0.4, 0.5) is 0 Å². The summed E-state index contributed by atoms with van der Waals surface area (Å²) in [6.45, 7) is 5.34. The molecule has 2 rings (SSSR count). The summed E-state index contributed by atoms with van der Waals surface area (Å²) in [5.74, 6) is 0.226. The van der Waals surface area contributed by atoms with Crippen molar-refractivity contribution in [2.24, 2.45) is 23.7 Å². The number of carbonyl (C=O) groups excluding carboxylic acids is 1. The van der Waals surface area contributed by atoms with Gasteiger partial charge in [0.05, 0.1) is 5.92 Å². The molecule has 1 saturated carbocycles. The van der Waals surface area contributed by atoms with E-state index in [-0.39, 0.29) is 23.7 Å². The van der Waals surface area contributed by atoms with Gasteiger partial charge in [-0.15, -0.1) is 0 Å². The van der Waals surface area contributed by atoms with Crippen LogP contribution in [0, 0.1) is 23.7 Å². The molecule has 1 aliphatic carbocycles. The maximum atomic E-state index is 12.9. The Labute approximate surface area is 134 Å². The monoisotopic (exact) mass is 309 g/mol. The quantitative estimate of drug-likeness (QED) is 0.816. The van der Waals surface area contributed by atoms with Crippen LogP contribution < -0.4 is 0 Å². The van der Waals surface area contributed by atoms with Crippen molar-refractivity contribution in [2.45, 2.75) is 65.2 Å². The summed E-state index contributed by atoms with van der Waals surface area (Å²) in [5.41, 5.74) is 0. The number of amides is 1. The number of carbonyl (C=O) groups is 2. The number of hydrogen-bond acceptors (Lipinski definition) is 2. The fourth-order valence-electron chi connectivity index (χ4n) is 4.31. The summed E-state index contributed by atoms with van der Waals surface area (Å²) in [5, 5.41) is 9.21. The van der Waals surface area contributed by atoms with Crippen LogP contribution in [0.25, 0.3) is 0 Å². The summed E-state index contributed by atoms with van der Waals surface area (Å²) in [6, 6.07) is 0. The van der Waals surface area contributed by atoms with Gasteiger partial charge in [-0.3, -0.25) is 9.59 Å². The van der Waals surface area contributed by atoms with Gasteiger partial charge >= 0.3 is 5.97 Å². The van der Waals surface area contributed by atoms with Crippen molar-refractivity contribution in [3.8, 4) is 0 Å². The molecule has 126 valence electrons. The van der Waals surface area contributed by atoms with E-state index in [0.29, 0.717) is 19.5 Å². The van der Waals surface area contributed by atoms with E-state index in [4.69, 9.17) is 0 Å². The second-order valence-corrected chi connectivity index (χ2v) is 7.37. The molecule has 4 nitrogen and oxygen atoms in total.